The zero-order valence-corrected chi connectivity index (χ0v) is 14.6. The summed E-state index contributed by atoms with van der Waals surface area (Å²) in [6.07, 6.45) is -2.33. The number of nitrogens with zero attached hydrogens (tertiary/aromatic N) is 3. The number of hydrogen-bond acceptors (Lipinski definition) is 3. The van der Waals surface area contributed by atoms with Crippen LogP contribution >= 0.6 is 11.6 Å². The summed E-state index contributed by atoms with van der Waals surface area (Å²) in [4.78, 5) is 30.5. The summed E-state index contributed by atoms with van der Waals surface area (Å²) in [5, 5.41) is 9.50. The Morgan fingerprint density at radius 2 is 1.69 bits per heavy atom. The molecule has 2 fully saturated rings. The molecule has 0 aromatic heterocycles. The first-order valence-electron chi connectivity index (χ1n) is 8.24. The maximum absolute atomic E-state index is 13.4. The SMILES string of the molecule is O=C(c1ccccc1Cl)N1CCN(C(=NC2(C(=O)O)CC2)C(F)F)CC1. The molecule has 0 spiro atoms. The van der Waals surface area contributed by atoms with Crippen LogP contribution in [0, 0.1) is 0 Å². The second-order valence-corrected chi connectivity index (χ2v) is 6.77. The Balaban J connectivity index is 1.69. The number of amides is 1. The number of halogens is 3. The van der Waals surface area contributed by atoms with E-state index in [4.69, 9.17) is 16.7 Å². The largest absolute Gasteiger partial charge is 0.479 e. The first-order valence-corrected chi connectivity index (χ1v) is 8.62. The Bertz CT molecular complexity index is 745. The molecule has 1 aliphatic carbocycles. The van der Waals surface area contributed by atoms with E-state index >= 15 is 0 Å². The average molecular weight is 386 g/mol. The molecule has 6 nitrogen and oxygen atoms in total. The van der Waals surface area contributed by atoms with E-state index in [-0.39, 0.29) is 44.9 Å². The number of carbonyl (C=O) groups is 2. The number of rotatable bonds is 4. The smallest absolute Gasteiger partial charge is 0.331 e. The van der Waals surface area contributed by atoms with Crippen molar-refractivity contribution < 1.29 is 23.5 Å². The van der Waals surface area contributed by atoms with Crippen LogP contribution in [-0.2, 0) is 4.79 Å². The summed E-state index contributed by atoms with van der Waals surface area (Å²) in [6.45, 7) is 0.788. The van der Waals surface area contributed by atoms with Crippen molar-refractivity contribution in [3.63, 3.8) is 0 Å². The van der Waals surface area contributed by atoms with Gasteiger partial charge in [-0.15, -0.1) is 0 Å². The van der Waals surface area contributed by atoms with Crippen molar-refractivity contribution in [3.05, 3.63) is 34.9 Å². The van der Waals surface area contributed by atoms with Crippen LogP contribution in [0.15, 0.2) is 29.3 Å². The number of hydrogen-bond donors (Lipinski definition) is 1. The molecule has 1 saturated carbocycles. The topological polar surface area (TPSA) is 73.2 Å². The summed E-state index contributed by atoms with van der Waals surface area (Å²) >= 11 is 6.04. The van der Waals surface area contributed by atoms with Gasteiger partial charge in [-0.2, -0.15) is 0 Å². The maximum atomic E-state index is 13.4. The summed E-state index contributed by atoms with van der Waals surface area (Å²) in [5.41, 5.74) is -1.04. The summed E-state index contributed by atoms with van der Waals surface area (Å²) in [7, 11) is 0. The van der Waals surface area contributed by atoms with Crippen molar-refractivity contribution >= 4 is 29.3 Å². The van der Waals surface area contributed by atoms with E-state index in [0.717, 1.165) is 0 Å². The van der Waals surface area contributed by atoms with Crippen molar-refractivity contribution in [2.45, 2.75) is 24.8 Å². The first-order chi connectivity index (χ1) is 12.3. The monoisotopic (exact) mass is 385 g/mol. The van der Waals surface area contributed by atoms with E-state index in [1.807, 2.05) is 0 Å². The van der Waals surface area contributed by atoms with Gasteiger partial charge in [0.1, 0.15) is 0 Å². The zero-order valence-electron chi connectivity index (χ0n) is 13.9. The minimum absolute atomic E-state index is 0.162. The second kappa shape index (κ2) is 7.19. The Morgan fingerprint density at radius 3 is 2.19 bits per heavy atom. The summed E-state index contributed by atoms with van der Waals surface area (Å²) in [6, 6.07) is 6.66. The van der Waals surface area contributed by atoms with Crippen molar-refractivity contribution in [2.24, 2.45) is 4.99 Å². The number of amidine groups is 1. The van der Waals surface area contributed by atoms with Gasteiger partial charge in [0.05, 0.1) is 10.6 Å². The molecule has 1 saturated heterocycles. The summed E-state index contributed by atoms with van der Waals surface area (Å²) in [5.74, 6) is -1.94. The molecule has 0 atom stereocenters. The van der Waals surface area contributed by atoms with Crippen molar-refractivity contribution in [3.8, 4) is 0 Å². The molecular formula is C17H18ClF2N3O3. The van der Waals surface area contributed by atoms with Gasteiger partial charge in [-0.3, -0.25) is 4.79 Å². The molecular weight excluding hydrogens is 368 g/mol. The lowest BCUT2D eigenvalue weighted by Gasteiger charge is -2.36. The second-order valence-electron chi connectivity index (χ2n) is 6.37. The molecule has 2 aliphatic rings. The molecule has 0 bridgehead atoms. The van der Waals surface area contributed by atoms with Gasteiger partial charge >= 0.3 is 5.97 Å². The predicted octanol–water partition coefficient (Wildman–Crippen LogP) is 2.38. The van der Waals surface area contributed by atoms with Crippen LogP contribution in [0.1, 0.15) is 23.2 Å². The van der Waals surface area contributed by atoms with E-state index in [1.165, 1.54) is 4.90 Å². The number of alkyl halides is 2. The standard InChI is InChI=1S/C17H18ClF2N3O3/c18-12-4-2-1-3-11(12)15(24)23-9-7-22(8-10-23)14(13(19)20)21-17(5-6-17)16(25)26/h1-4,13H,5-10H2,(H,25,26). The van der Waals surface area contributed by atoms with E-state index in [1.54, 1.807) is 29.2 Å². The number of carbonyl (C=O) groups excluding carboxylic acids is 1. The average Bonchev–Trinajstić information content (AvgIpc) is 3.41. The van der Waals surface area contributed by atoms with Crippen LogP contribution in [0.2, 0.25) is 5.02 Å². The van der Waals surface area contributed by atoms with Gasteiger partial charge in [-0.05, 0) is 25.0 Å². The number of piperazine rings is 1. The predicted molar refractivity (Wildman–Crippen MR) is 92.0 cm³/mol. The minimum Gasteiger partial charge on any atom is -0.479 e. The molecule has 1 N–H and O–H groups in total. The fraction of sp³-hybridized carbons (Fsp3) is 0.471. The maximum Gasteiger partial charge on any atom is 0.331 e. The molecule has 26 heavy (non-hydrogen) atoms. The highest BCUT2D eigenvalue weighted by atomic mass is 35.5. The van der Waals surface area contributed by atoms with Gasteiger partial charge in [0.15, 0.2) is 11.4 Å². The minimum atomic E-state index is -2.86. The van der Waals surface area contributed by atoms with E-state index < -0.39 is 23.8 Å². The fourth-order valence-corrected chi connectivity index (χ4v) is 3.13. The molecule has 1 heterocycles. The Morgan fingerprint density at radius 1 is 1.12 bits per heavy atom. The van der Waals surface area contributed by atoms with Gasteiger partial charge in [0.2, 0.25) is 0 Å². The van der Waals surface area contributed by atoms with Crippen LogP contribution in [0.5, 0.6) is 0 Å². The molecule has 0 unspecified atom stereocenters. The van der Waals surface area contributed by atoms with Crippen LogP contribution in [0.4, 0.5) is 8.78 Å². The first kappa shape index (κ1) is 18.6. The number of aliphatic imine (C=N–C) groups is 1. The Labute approximate surface area is 154 Å². The number of carboxylic acid groups (broad SMARTS) is 1. The molecule has 1 aromatic carbocycles. The number of benzene rings is 1. The normalized spacial score (nSPS) is 19.6. The summed E-state index contributed by atoms with van der Waals surface area (Å²) < 4.78 is 26.8. The van der Waals surface area contributed by atoms with Crippen molar-refractivity contribution in [1.29, 1.82) is 0 Å². The van der Waals surface area contributed by atoms with Crippen molar-refractivity contribution in [2.75, 3.05) is 26.2 Å². The lowest BCUT2D eigenvalue weighted by atomic mass is 10.1. The molecule has 140 valence electrons. The van der Waals surface area contributed by atoms with Gasteiger partial charge in [0, 0.05) is 26.2 Å². The Hall–Kier alpha value is -2.22. The van der Waals surface area contributed by atoms with Gasteiger partial charge in [-0.25, -0.2) is 18.6 Å². The highest BCUT2D eigenvalue weighted by molar-refractivity contribution is 6.33. The van der Waals surface area contributed by atoms with Crippen LogP contribution in [-0.4, -0.2) is 70.8 Å². The van der Waals surface area contributed by atoms with E-state index in [2.05, 4.69) is 4.99 Å². The van der Waals surface area contributed by atoms with E-state index in [0.29, 0.717) is 10.6 Å². The molecule has 1 aromatic rings. The third-order valence-corrected chi connectivity index (χ3v) is 4.97. The van der Waals surface area contributed by atoms with Crippen LogP contribution in [0.25, 0.3) is 0 Å². The lowest BCUT2D eigenvalue weighted by Crippen LogP contribution is -2.52. The van der Waals surface area contributed by atoms with Gasteiger partial charge < -0.3 is 14.9 Å². The highest BCUT2D eigenvalue weighted by Crippen LogP contribution is 2.40. The van der Waals surface area contributed by atoms with Crippen LogP contribution < -0.4 is 0 Å². The number of aliphatic carboxylic acids is 1. The molecule has 1 amide bonds. The third-order valence-electron chi connectivity index (χ3n) is 4.64. The van der Waals surface area contributed by atoms with Crippen LogP contribution in [0.3, 0.4) is 0 Å². The highest BCUT2D eigenvalue weighted by Gasteiger charge is 2.52. The molecule has 3 rings (SSSR count). The molecule has 1 aliphatic heterocycles. The molecule has 0 radical (unpaired) electrons. The van der Waals surface area contributed by atoms with E-state index in [9.17, 15) is 18.4 Å². The van der Waals surface area contributed by atoms with Gasteiger partial charge in [-0.1, -0.05) is 23.7 Å². The van der Waals surface area contributed by atoms with Gasteiger partial charge in [0.25, 0.3) is 12.3 Å². The third kappa shape index (κ3) is 3.65. The molecule has 9 heteroatoms. The Kier molecular flexibility index (Phi) is 5.13. The lowest BCUT2D eigenvalue weighted by molar-refractivity contribution is -0.139. The fourth-order valence-electron chi connectivity index (χ4n) is 2.91. The quantitative estimate of drug-likeness (QED) is 0.638. The zero-order chi connectivity index (χ0) is 18.9. The van der Waals surface area contributed by atoms with Crippen molar-refractivity contribution in [1.82, 2.24) is 9.80 Å². The number of carboxylic acids is 1.